The molecule has 224 valence electrons. The topological polar surface area (TPSA) is 80.7 Å². The van der Waals surface area contributed by atoms with Crippen LogP contribution in [-0.4, -0.2) is 66.2 Å². The van der Waals surface area contributed by atoms with E-state index in [-0.39, 0.29) is 18.4 Å². The molecule has 5 rings (SSSR count). The largest absolute Gasteiger partial charge is 0.490 e. The Morgan fingerprint density at radius 1 is 1.09 bits per heavy atom. The smallest absolute Gasteiger partial charge is 0.266 e. The van der Waals surface area contributed by atoms with Crippen molar-refractivity contribution in [3.05, 3.63) is 91.8 Å². The number of hydrogen-bond donors (Lipinski definition) is 0. The Bertz CT molecular complexity index is 1570. The molecule has 3 aromatic carbocycles. The maximum absolute atomic E-state index is 13.4. The third-order valence-corrected chi connectivity index (χ3v) is 8.74. The molecule has 3 aromatic rings. The molecule has 0 radical (unpaired) electrons. The van der Waals surface area contributed by atoms with Crippen LogP contribution >= 0.6 is 39.3 Å². The first kappa shape index (κ1) is 31.1. The standard InChI is InChI=1S/C32H31BrClN3O5S/c1-3-37-31(39)28(43-32(37)35-24-10-7-9-22(19-24)30(38)36-12-14-40-15-13-36)18-21-16-25(33)29(27(17-21)41-4-2)42-20-23-8-5-6-11-26(23)34/h5-11,16-19H,3-4,12-15,20H2,1-2H3/b28-18+,35-32?. The van der Waals surface area contributed by atoms with Gasteiger partial charge in [0.2, 0.25) is 0 Å². The predicted molar refractivity (Wildman–Crippen MR) is 174 cm³/mol. The highest BCUT2D eigenvalue weighted by Gasteiger charge is 2.32. The van der Waals surface area contributed by atoms with Crippen LogP contribution in [0.3, 0.4) is 0 Å². The molecule has 0 bridgehead atoms. The zero-order chi connectivity index (χ0) is 30.3. The molecule has 2 aliphatic rings. The van der Waals surface area contributed by atoms with Gasteiger partial charge < -0.3 is 19.1 Å². The van der Waals surface area contributed by atoms with Crippen LogP contribution in [0.1, 0.15) is 35.3 Å². The lowest BCUT2D eigenvalue weighted by molar-refractivity contribution is -0.122. The summed E-state index contributed by atoms with van der Waals surface area (Å²) < 4.78 is 18.1. The molecular weight excluding hydrogens is 654 g/mol. The quantitative estimate of drug-likeness (QED) is 0.222. The molecule has 0 unspecified atom stereocenters. The fourth-order valence-corrected chi connectivity index (χ4v) is 6.46. The Kier molecular flexibility index (Phi) is 10.5. The molecule has 2 fully saturated rings. The predicted octanol–water partition coefficient (Wildman–Crippen LogP) is 7.18. The van der Waals surface area contributed by atoms with Gasteiger partial charge in [0.15, 0.2) is 16.7 Å². The summed E-state index contributed by atoms with van der Waals surface area (Å²) in [5, 5.41) is 1.18. The third kappa shape index (κ3) is 7.44. The van der Waals surface area contributed by atoms with Gasteiger partial charge in [0.25, 0.3) is 11.8 Å². The SMILES string of the molecule is CCOc1cc(/C=C2/SC(=Nc3cccc(C(=O)N4CCOCC4)c3)N(CC)C2=O)cc(Br)c1OCc1ccccc1Cl. The van der Waals surface area contributed by atoms with Crippen LogP contribution in [0.2, 0.25) is 5.02 Å². The van der Waals surface area contributed by atoms with E-state index in [4.69, 9.17) is 30.8 Å². The number of likely N-dealkylation sites (N-methyl/N-ethyl adjacent to an activating group) is 1. The van der Waals surface area contributed by atoms with Gasteiger partial charge in [-0.2, -0.15) is 0 Å². The van der Waals surface area contributed by atoms with Crippen molar-refractivity contribution in [3.63, 3.8) is 0 Å². The number of benzene rings is 3. The van der Waals surface area contributed by atoms with Crippen molar-refractivity contribution in [3.8, 4) is 11.5 Å². The number of thioether (sulfide) groups is 1. The maximum Gasteiger partial charge on any atom is 0.266 e. The van der Waals surface area contributed by atoms with Crippen molar-refractivity contribution in [2.24, 2.45) is 4.99 Å². The average molecular weight is 685 g/mol. The lowest BCUT2D eigenvalue weighted by Gasteiger charge is -2.26. The molecular formula is C32H31BrClN3O5S. The molecule has 0 atom stereocenters. The minimum Gasteiger partial charge on any atom is -0.490 e. The number of amides is 2. The van der Waals surface area contributed by atoms with Crippen LogP contribution < -0.4 is 9.47 Å². The van der Waals surface area contributed by atoms with Crippen molar-refractivity contribution >= 4 is 68.0 Å². The van der Waals surface area contributed by atoms with Gasteiger partial charge in [-0.3, -0.25) is 14.5 Å². The van der Waals surface area contributed by atoms with E-state index >= 15 is 0 Å². The second-order valence-corrected chi connectivity index (χ2v) is 11.9. The molecule has 0 aromatic heterocycles. The van der Waals surface area contributed by atoms with Crippen LogP contribution in [0.5, 0.6) is 11.5 Å². The summed E-state index contributed by atoms with van der Waals surface area (Å²) >= 11 is 11.2. The maximum atomic E-state index is 13.4. The second kappa shape index (κ2) is 14.4. The third-order valence-electron chi connectivity index (χ3n) is 6.78. The highest BCUT2D eigenvalue weighted by molar-refractivity contribution is 9.10. The first-order chi connectivity index (χ1) is 20.9. The molecule has 0 N–H and O–H groups in total. The molecule has 11 heteroatoms. The van der Waals surface area contributed by atoms with E-state index in [0.717, 1.165) is 11.1 Å². The van der Waals surface area contributed by atoms with Gasteiger partial charge >= 0.3 is 0 Å². The summed E-state index contributed by atoms with van der Waals surface area (Å²) in [5.74, 6) is 0.913. The molecule has 0 spiro atoms. The zero-order valence-electron chi connectivity index (χ0n) is 23.8. The van der Waals surface area contributed by atoms with E-state index < -0.39 is 0 Å². The monoisotopic (exact) mass is 683 g/mol. The van der Waals surface area contributed by atoms with E-state index in [2.05, 4.69) is 15.9 Å². The molecule has 2 aliphatic heterocycles. The molecule has 0 saturated carbocycles. The van der Waals surface area contributed by atoms with Crippen molar-refractivity contribution in [1.29, 1.82) is 0 Å². The Morgan fingerprint density at radius 2 is 1.88 bits per heavy atom. The van der Waals surface area contributed by atoms with E-state index in [9.17, 15) is 9.59 Å². The van der Waals surface area contributed by atoms with E-state index in [1.54, 1.807) is 21.9 Å². The number of amidine groups is 1. The fourth-order valence-electron chi connectivity index (χ4n) is 4.63. The summed E-state index contributed by atoms with van der Waals surface area (Å²) in [7, 11) is 0. The number of aliphatic imine (C=N–C) groups is 1. The van der Waals surface area contributed by atoms with E-state index in [1.807, 2.05) is 68.5 Å². The number of halogens is 2. The summed E-state index contributed by atoms with van der Waals surface area (Å²) in [6.45, 7) is 7.18. The van der Waals surface area contributed by atoms with Gasteiger partial charge in [-0.25, -0.2) is 4.99 Å². The zero-order valence-corrected chi connectivity index (χ0v) is 27.0. The molecule has 0 aliphatic carbocycles. The Balaban J connectivity index is 1.38. The van der Waals surface area contributed by atoms with Gasteiger partial charge in [-0.05, 0) is 89.6 Å². The molecule has 8 nitrogen and oxygen atoms in total. The highest BCUT2D eigenvalue weighted by Crippen LogP contribution is 2.40. The summed E-state index contributed by atoms with van der Waals surface area (Å²) in [5.41, 5.74) is 2.80. The molecule has 2 saturated heterocycles. The number of ether oxygens (including phenoxy) is 3. The summed E-state index contributed by atoms with van der Waals surface area (Å²) in [6.07, 6.45) is 1.82. The van der Waals surface area contributed by atoms with Crippen molar-refractivity contribution in [1.82, 2.24) is 9.80 Å². The average Bonchev–Trinajstić information content (AvgIpc) is 3.30. The Labute approximate surface area is 268 Å². The summed E-state index contributed by atoms with van der Waals surface area (Å²) in [4.78, 5) is 35.1. The number of rotatable bonds is 9. The van der Waals surface area contributed by atoms with Crippen molar-refractivity contribution in [2.75, 3.05) is 39.5 Å². The van der Waals surface area contributed by atoms with Gasteiger partial charge in [-0.15, -0.1) is 0 Å². The highest BCUT2D eigenvalue weighted by atomic mass is 79.9. The number of nitrogens with zero attached hydrogens (tertiary/aromatic N) is 3. The lowest BCUT2D eigenvalue weighted by atomic mass is 10.1. The van der Waals surface area contributed by atoms with Gasteiger partial charge in [-0.1, -0.05) is 35.9 Å². The van der Waals surface area contributed by atoms with Crippen molar-refractivity contribution < 1.29 is 23.8 Å². The normalized spacial score (nSPS) is 17.2. The lowest BCUT2D eigenvalue weighted by Crippen LogP contribution is -2.40. The summed E-state index contributed by atoms with van der Waals surface area (Å²) in [6, 6.07) is 18.4. The van der Waals surface area contributed by atoms with E-state index in [0.29, 0.717) is 81.8 Å². The minimum absolute atomic E-state index is 0.0524. The van der Waals surface area contributed by atoms with Gasteiger partial charge in [0, 0.05) is 35.8 Å². The Hall–Kier alpha value is -3.31. The number of hydrogen-bond acceptors (Lipinski definition) is 7. The number of carbonyl (C=O) groups is 2. The minimum atomic E-state index is -0.139. The van der Waals surface area contributed by atoms with Gasteiger partial charge in [0.1, 0.15) is 6.61 Å². The fraction of sp³-hybridized carbons (Fsp3) is 0.281. The van der Waals surface area contributed by atoms with Crippen LogP contribution in [0.25, 0.3) is 6.08 Å². The van der Waals surface area contributed by atoms with Crippen LogP contribution in [0.4, 0.5) is 5.69 Å². The van der Waals surface area contributed by atoms with Crippen molar-refractivity contribution in [2.45, 2.75) is 20.5 Å². The molecule has 43 heavy (non-hydrogen) atoms. The number of carbonyl (C=O) groups excluding carboxylic acids is 2. The van der Waals surface area contributed by atoms with E-state index in [1.165, 1.54) is 11.8 Å². The number of morpholine rings is 1. The molecule has 2 amide bonds. The first-order valence-corrected chi connectivity index (χ1v) is 16.0. The second-order valence-electron chi connectivity index (χ2n) is 9.65. The first-order valence-electron chi connectivity index (χ1n) is 14.0. The van der Waals surface area contributed by atoms with Gasteiger partial charge in [0.05, 0.1) is 34.9 Å². The van der Waals surface area contributed by atoms with Crippen LogP contribution in [-0.2, 0) is 16.1 Å². The molecule has 2 heterocycles. The Morgan fingerprint density at radius 3 is 2.63 bits per heavy atom. The van der Waals surface area contributed by atoms with Crippen LogP contribution in [0, 0.1) is 0 Å². The van der Waals surface area contributed by atoms with Crippen LogP contribution in [0.15, 0.2) is 75.0 Å².